The number of nitrogens with zero attached hydrogens (tertiary/aromatic N) is 2. The van der Waals surface area contributed by atoms with Crippen LogP contribution < -0.4 is 5.32 Å². The van der Waals surface area contributed by atoms with Crippen molar-refractivity contribution in [3.8, 4) is 0 Å². The second kappa shape index (κ2) is 4.81. The van der Waals surface area contributed by atoms with Gasteiger partial charge < -0.3 is 9.88 Å². The summed E-state index contributed by atoms with van der Waals surface area (Å²) in [5.74, 6) is 1.14. The maximum atomic E-state index is 4.44. The number of hydrogen-bond donors (Lipinski definition) is 1. The number of aromatic nitrogens is 2. The van der Waals surface area contributed by atoms with E-state index in [2.05, 4.69) is 42.6 Å². The molecule has 0 radical (unpaired) electrons. The molecule has 0 aliphatic heterocycles. The summed E-state index contributed by atoms with van der Waals surface area (Å²) in [5.41, 5.74) is 1.72. The maximum absolute atomic E-state index is 4.44. The van der Waals surface area contributed by atoms with E-state index in [-0.39, 0.29) is 0 Å². The molecule has 0 bridgehead atoms. The largest absolute Gasteiger partial charge is 0.331 e. The molecule has 2 rings (SSSR count). The van der Waals surface area contributed by atoms with Crippen LogP contribution in [0.4, 0.5) is 0 Å². The van der Waals surface area contributed by atoms with Gasteiger partial charge in [0, 0.05) is 25.3 Å². The van der Waals surface area contributed by atoms with Gasteiger partial charge in [-0.2, -0.15) is 0 Å². The quantitative estimate of drug-likeness (QED) is 0.850. The summed E-state index contributed by atoms with van der Waals surface area (Å²) in [6.07, 6.45) is 5.90. The third kappa shape index (κ3) is 3.84. The Morgan fingerprint density at radius 2 is 2.12 bits per heavy atom. The van der Waals surface area contributed by atoms with Gasteiger partial charge in [-0.05, 0) is 31.6 Å². The SMILES string of the molecule is Cc1ncc(CNC2CC2)n1CCC(C)(C)C. The van der Waals surface area contributed by atoms with Gasteiger partial charge in [-0.25, -0.2) is 4.98 Å². The molecule has 3 heteroatoms. The molecule has 0 saturated heterocycles. The lowest BCUT2D eigenvalue weighted by atomic mass is 9.92. The fourth-order valence-electron chi connectivity index (χ4n) is 1.95. The standard InChI is InChI=1S/C14H25N3/c1-11-15-9-13(10-16-12-5-6-12)17(11)8-7-14(2,3)4/h9,12,16H,5-8,10H2,1-4H3. The molecule has 0 atom stereocenters. The van der Waals surface area contributed by atoms with Crippen LogP contribution in [0.15, 0.2) is 6.20 Å². The van der Waals surface area contributed by atoms with Crippen molar-refractivity contribution in [1.29, 1.82) is 0 Å². The second-order valence-electron chi connectivity index (χ2n) is 6.41. The Morgan fingerprint density at radius 1 is 1.41 bits per heavy atom. The van der Waals surface area contributed by atoms with E-state index in [1.54, 1.807) is 0 Å². The van der Waals surface area contributed by atoms with Crippen molar-refractivity contribution < 1.29 is 0 Å². The Balaban J connectivity index is 1.95. The Morgan fingerprint density at radius 3 is 2.71 bits per heavy atom. The third-order valence-electron chi connectivity index (χ3n) is 3.37. The van der Waals surface area contributed by atoms with Crippen molar-refractivity contribution >= 4 is 0 Å². The van der Waals surface area contributed by atoms with Crippen LogP contribution in [0, 0.1) is 12.3 Å². The highest BCUT2D eigenvalue weighted by atomic mass is 15.1. The molecule has 1 heterocycles. The van der Waals surface area contributed by atoms with Crippen LogP contribution in [0.2, 0.25) is 0 Å². The van der Waals surface area contributed by atoms with Crippen LogP contribution >= 0.6 is 0 Å². The van der Waals surface area contributed by atoms with Crippen molar-refractivity contribution in [2.24, 2.45) is 5.41 Å². The van der Waals surface area contributed by atoms with E-state index in [0.717, 1.165) is 25.0 Å². The van der Waals surface area contributed by atoms with Crippen LogP contribution in [0.25, 0.3) is 0 Å². The molecule has 17 heavy (non-hydrogen) atoms. The highest BCUT2D eigenvalue weighted by molar-refractivity contribution is 5.05. The van der Waals surface area contributed by atoms with Crippen molar-refractivity contribution in [2.75, 3.05) is 0 Å². The average Bonchev–Trinajstić information content (AvgIpc) is 2.97. The fourth-order valence-corrected chi connectivity index (χ4v) is 1.95. The molecule has 1 N–H and O–H groups in total. The molecular formula is C14H25N3. The summed E-state index contributed by atoms with van der Waals surface area (Å²) in [7, 11) is 0. The number of hydrogen-bond acceptors (Lipinski definition) is 2. The molecule has 96 valence electrons. The molecule has 0 amide bonds. The van der Waals surface area contributed by atoms with E-state index < -0.39 is 0 Å². The molecule has 1 aliphatic carbocycles. The van der Waals surface area contributed by atoms with Gasteiger partial charge in [-0.3, -0.25) is 0 Å². The van der Waals surface area contributed by atoms with Crippen molar-refractivity contribution in [2.45, 2.75) is 66.1 Å². The first-order valence-electron chi connectivity index (χ1n) is 6.70. The molecule has 3 nitrogen and oxygen atoms in total. The minimum absolute atomic E-state index is 0.387. The predicted molar refractivity (Wildman–Crippen MR) is 70.9 cm³/mol. The summed E-state index contributed by atoms with van der Waals surface area (Å²) in [6.45, 7) is 11.0. The van der Waals surface area contributed by atoms with Crippen molar-refractivity contribution in [3.05, 3.63) is 17.7 Å². The Kier molecular flexibility index (Phi) is 3.57. The highest BCUT2D eigenvalue weighted by Gasteiger charge is 2.21. The van der Waals surface area contributed by atoms with Gasteiger partial charge in [-0.1, -0.05) is 20.8 Å². The third-order valence-corrected chi connectivity index (χ3v) is 3.37. The van der Waals surface area contributed by atoms with Crippen molar-refractivity contribution in [1.82, 2.24) is 14.9 Å². The summed E-state index contributed by atoms with van der Waals surface area (Å²) in [5, 5.41) is 3.56. The smallest absolute Gasteiger partial charge is 0.105 e. The minimum Gasteiger partial charge on any atom is -0.331 e. The molecule has 0 aromatic carbocycles. The Bertz CT molecular complexity index is 369. The van der Waals surface area contributed by atoms with Gasteiger partial charge in [0.15, 0.2) is 0 Å². The molecule has 1 aromatic rings. The molecule has 0 spiro atoms. The molecule has 1 aromatic heterocycles. The van der Waals surface area contributed by atoms with Gasteiger partial charge in [0.1, 0.15) is 5.82 Å². The number of nitrogens with one attached hydrogen (secondary N) is 1. The van der Waals surface area contributed by atoms with Gasteiger partial charge in [0.05, 0.1) is 5.69 Å². The monoisotopic (exact) mass is 235 g/mol. The molecule has 1 aliphatic rings. The van der Waals surface area contributed by atoms with Gasteiger partial charge in [0.2, 0.25) is 0 Å². The van der Waals surface area contributed by atoms with E-state index >= 15 is 0 Å². The summed E-state index contributed by atoms with van der Waals surface area (Å²) >= 11 is 0. The van der Waals surface area contributed by atoms with E-state index in [9.17, 15) is 0 Å². The van der Waals surface area contributed by atoms with Gasteiger partial charge in [0.25, 0.3) is 0 Å². The van der Waals surface area contributed by atoms with E-state index in [0.29, 0.717) is 5.41 Å². The summed E-state index contributed by atoms with van der Waals surface area (Å²) < 4.78 is 2.36. The van der Waals surface area contributed by atoms with Crippen LogP contribution in [0.5, 0.6) is 0 Å². The van der Waals surface area contributed by atoms with Crippen LogP contribution in [0.3, 0.4) is 0 Å². The number of rotatable bonds is 5. The Labute approximate surface area is 105 Å². The van der Waals surface area contributed by atoms with Gasteiger partial charge in [-0.15, -0.1) is 0 Å². The van der Waals surface area contributed by atoms with E-state index in [1.807, 2.05) is 6.20 Å². The lowest BCUT2D eigenvalue weighted by Crippen LogP contribution is -2.20. The highest BCUT2D eigenvalue weighted by Crippen LogP contribution is 2.22. The zero-order valence-electron chi connectivity index (χ0n) is 11.6. The summed E-state index contributed by atoms with van der Waals surface area (Å²) in [6, 6.07) is 0.765. The lowest BCUT2D eigenvalue weighted by molar-refractivity contribution is 0.345. The molecular weight excluding hydrogens is 210 g/mol. The minimum atomic E-state index is 0.387. The second-order valence-corrected chi connectivity index (χ2v) is 6.41. The maximum Gasteiger partial charge on any atom is 0.105 e. The zero-order chi connectivity index (χ0) is 12.5. The summed E-state index contributed by atoms with van der Waals surface area (Å²) in [4.78, 5) is 4.44. The van der Waals surface area contributed by atoms with Crippen LogP contribution in [0.1, 0.15) is 51.6 Å². The average molecular weight is 235 g/mol. The normalized spacial score (nSPS) is 16.5. The van der Waals surface area contributed by atoms with Crippen molar-refractivity contribution in [3.63, 3.8) is 0 Å². The number of aryl methyl sites for hydroxylation is 1. The topological polar surface area (TPSA) is 29.9 Å². The van der Waals surface area contributed by atoms with Gasteiger partial charge >= 0.3 is 0 Å². The lowest BCUT2D eigenvalue weighted by Gasteiger charge is -2.20. The first-order valence-corrected chi connectivity index (χ1v) is 6.70. The van der Waals surface area contributed by atoms with E-state index in [4.69, 9.17) is 0 Å². The zero-order valence-corrected chi connectivity index (χ0v) is 11.6. The Hall–Kier alpha value is -0.830. The number of imidazole rings is 1. The predicted octanol–water partition coefficient (Wildman–Crippen LogP) is 2.88. The van der Waals surface area contributed by atoms with Crippen LogP contribution in [-0.2, 0) is 13.1 Å². The molecule has 1 fully saturated rings. The van der Waals surface area contributed by atoms with Crippen LogP contribution in [-0.4, -0.2) is 15.6 Å². The first-order chi connectivity index (χ1) is 7.96. The first kappa shape index (κ1) is 12.6. The van der Waals surface area contributed by atoms with E-state index in [1.165, 1.54) is 25.0 Å². The fraction of sp³-hybridized carbons (Fsp3) is 0.786. The molecule has 1 saturated carbocycles. The molecule has 0 unspecified atom stereocenters.